The van der Waals surface area contributed by atoms with Crippen molar-refractivity contribution in [2.75, 3.05) is 0 Å². The monoisotopic (exact) mass is 888 g/mol. The second kappa shape index (κ2) is 15.1. The van der Waals surface area contributed by atoms with Crippen LogP contribution >= 0.6 is 0 Å². The third-order valence-electron chi connectivity index (χ3n) is 14.7. The molecule has 0 spiro atoms. The molecular weight excluding hydrogens is 849 g/mol. The number of hydrogen-bond donors (Lipinski definition) is 0. The van der Waals surface area contributed by atoms with Crippen LogP contribution in [0.1, 0.15) is 0 Å². The summed E-state index contributed by atoms with van der Waals surface area (Å²) in [4.78, 5) is 10.9. The van der Waals surface area contributed by atoms with Crippen LogP contribution in [0.5, 0.6) is 0 Å². The molecule has 0 amide bonds. The lowest BCUT2D eigenvalue weighted by Crippen LogP contribution is -2.04. The Morgan fingerprint density at radius 1 is 0.243 bits per heavy atom. The van der Waals surface area contributed by atoms with E-state index in [1.165, 1.54) is 64.9 Å². The highest BCUT2D eigenvalue weighted by Gasteiger charge is 2.21. The first kappa shape index (κ1) is 38.7. The molecule has 4 heteroatoms. The molecule has 324 valence electrons. The molecule has 0 aliphatic heterocycles. The molecule has 0 aliphatic rings. The van der Waals surface area contributed by atoms with Gasteiger partial charge in [-0.1, -0.05) is 188 Å². The standard InChI is InChI=1S/C66H40N4/c1-3-19-46-41(15-1)17-13-27-53(46)60-40-61(54-28-14-18-42-16-2-4-20-47(42)54)68-66(67-60)70-63-30-12-10-26-56(63)59-38-44(32-36-65(59)70)43-31-35-64-58(37-43)55-25-9-11-29-62(55)69(64)45-33-34-52-50-23-6-5-21-48(50)49-22-7-8-24-51(49)57(52)39-45/h1-40H. The summed E-state index contributed by atoms with van der Waals surface area (Å²) < 4.78 is 4.69. The predicted molar refractivity (Wildman–Crippen MR) is 295 cm³/mol. The molecule has 0 saturated carbocycles. The molecule has 0 atom stereocenters. The molecule has 3 aromatic heterocycles. The maximum atomic E-state index is 5.47. The van der Waals surface area contributed by atoms with E-state index in [2.05, 4.69) is 252 Å². The molecule has 0 radical (unpaired) electrons. The van der Waals surface area contributed by atoms with Crippen molar-refractivity contribution in [2.45, 2.75) is 0 Å². The zero-order chi connectivity index (χ0) is 45.9. The van der Waals surface area contributed by atoms with E-state index in [1.54, 1.807) is 0 Å². The lowest BCUT2D eigenvalue weighted by molar-refractivity contribution is 0.997. The van der Waals surface area contributed by atoms with Gasteiger partial charge in [-0.05, 0) is 120 Å². The number of fused-ring (bicyclic) bond motifs is 14. The molecule has 70 heavy (non-hydrogen) atoms. The van der Waals surface area contributed by atoms with Crippen molar-refractivity contribution in [3.8, 4) is 45.3 Å². The van der Waals surface area contributed by atoms with Crippen molar-refractivity contribution < 1.29 is 0 Å². The second-order valence-electron chi connectivity index (χ2n) is 18.5. The number of rotatable bonds is 5. The maximum Gasteiger partial charge on any atom is 0.235 e. The average molecular weight is 889 g/mol. The molecule has 0 N–H and O–H groups in total. The van der Waals surface area contributed by atoms with Crippen LogP contribution in [0.25, 0.3) is 143 Å². The Labute approximate surface area is 402 Å². The van der Waals surface area contributed by atoms with Crippen molar-refractivity contribution in [2.24, 2.45) is 0 Å². The van der Waals surface area contributed by atoms with E-state index in [0.29, 0.717) is 5.95 Å². The fourth-order valence-corrected chi connectivity index (χ4v) is 11.5. The van der Waals surface area contributed by atoms with E-state index in [4.69, 9.17) is 9.97 Å². The van der Waals surface area contributed by atoms with Crippen molar-refractivity contribution in [3.63, 3.8) is 0 Å². The Bertz CT molecular complexity index is 4530. The zero-order valence-corrected chi connectivity index (χ0v) is 37.9. The molecule has 15 aromatic rings. The average Bonchev–Trinajstić information content (AvgIpc) is 3.95. The van der Waals surface area contributed by atoms with Gasteiger partial charge in [0.2, 0.25) is 5.95 Å². The fourth-order valence-electron chi connectivity index (χ4n) is 11.5. The summed E-state index contributed by atoms with van der Waals surface area (Å²) in [7, 11) is 0. The maximum absolute atomic E-state index is 5.47. The highest BCUT2D eigenvalue weighted by molar-refractivity contribution is 6.26. The quantitative estimate of drug-likeness (QED) is 0.161. The Balaban J connectivity index is 0.909. The van der Waals surface area contributed by atoms with Crippen LogP contribution in [0.15, 0.2) is 243 Å². The van der Waals surface area contributed by atoms with Gasteiger partial charge in [-0.2, -0.15) is 0 Å². The molecule has 0 bridgehead atoms. The number of para-hydroxylation sites is 2. The second-order valence-corrected chi connectivity index (χ2v) is 18.5. The summed E-state index contributed by atoms with van der Waals surface area (Å²) in [5.41, 5.74) is 11.9. The summed E-state index contributed by atoms with van der Waals surface area (Å²) >= 11 is 0. The molecule has 4 nitrogen and oxygen atoms in total. The Kier molecular flexibility index (Phi) is 8.33. The largest absolute Gasteiger partial charge is 0.309 e. The van der Waals surface area contributed by atoms with Crippen LogP contribution in [0.4, 0.5) is 0 Å². The van der Waals surface area contributed by atoms with E-state index in [-0.39, 0.29) is 0 Å². The Morgan fingerprint density at radius 3 is 1.19 bits per heavy atom. The van der Waals surface area contributed by atoms with Gasteiger partial charge in [0.05, 0.1) is 33.5 Å². The lowest BCUT2D eigenvalue weighted by Gasteiger charge is -2.14. The van der Waals surface area contributed by atoms with Gasteiger partial charge < -0.3 is 4.57 Å². The summed E-state index contributed by atoms with van der Waals surface area (Å²) in [6, 6.07) is 88.1. The third kappa shape index (κ3) is 5.77. The first-order chi connectivity index (χ1) is 34.7. The fraction of sp³-hybridized carbons (Fsp3) is 0. The van der Waals surface area contributed by atoms with Gasteiger partial charge in [0.1, 0.15) is 0 Å². The van der Waals surface area contributed by atoms with Gasteiger partial charge in [0.15, 0.2) is 0 Å². The smallest absolute Gasteiger partial charge is 0.235 e. The summed E-state index contributed by atoms with van der Waals surface area (Å²) in [5.74, 6) is 0.636. The predicted octanol–water partition coefficient (Wildman–Crippen LogP) is 17.4. The van der Waals surface area contributed by atoms with Crippen LogP contribution in [0.2, 0.25) is 0 Å². The first-order valence-electron chi connectivity index (χ1n) is 24.0. The third-order valence-corrected chi connectivity index (χ3v) is 14.7. The normalized spacial score (nSPS) is 12.0. The van der Waals surface area contributed by atoms with Crippen LogP contribution in [-0.4, -0.2) is 19.1 Å². The SMILES string of the molecule is c1ccc2c(-c3cc(-c4cccc5ccccc45)nc(-n4c5ccccc5c5cc(-c6ccc7c(c6)c6ccccc6n7-c6ccc7c8ccccc8c8ccccc8c7c6)ccc54)n3)cccc2c1. The van der Waals surface area contributed by atoms with Crippen molar-refractivity contribution >= 4 is 97.5 Å². The van der Waals surface area contributed by atoms with Crippen molar-refractivity contribution in [1.29, 1.82) is 0 Å². The van der Waals surface area contributed by atoms with Crippen LogP contribution in [0.3, 0.4) is 0 Å². The van der Waals surface area contributed by atoms with Gasteiger partial charge >= 0.3 is 0 Å². The zero-order valence-electron chi connectivity index (χ0n) is 37.9. The molecule has 0 fully saturated rings. The van der Waals surface area contributed by atoms with Crippen LogP contribution in [0, 0.1) is 0 Å². The first-order valence-corrected chi connectivity index (χ1v) is 24.0. The van der Waals surface area contributed by atoms with E-state index in [0.717, 1.165) is 71.9 Å². The molecular formula is C66H40N4. The summed E-state index contributed by atoms with van der Waals surface area (Å²) in [6.07, 6.45) is 0. The number of nitrogens with zero attached hydrogens (tertiary/aromatic N) is 4. The number of hydrogen-bond acceptors (Lipinski definition) is 2. The van der Waals surface area contributed by atoms with E-state index >= 15 is 0 Å². The lowest BCUT2D eigenvalue weighted by atomic mass is 9.94. The highest BCUT2D eigenvalue weighted by atomic mass is 15.2. The summed E-state index contributed by atoms with van der Waals surface area (Å²) in [6.45, 7) is 0. The minimum absolute atomic E-state index is 0.636. The van der Waals surface area contributed by atoms with Crippen molar-refractivity contribution in [3.05, 3.63) is 243 Å². The van der Waals surface area contributed by atoms with Gasteiger partial charge in [0, 0.05) is 38.4 Å². The van der Waals surface area contributed by atoms with Gasteiger partial charge in [-0.15, -0.1) is 0 Å². The molecule has 3 heterocycles. The molecule has 0 unspecified atom stereocenters. The van der Waals surface area contributed by atoms with E-state index in [9.17, 15) is 0 Å². The molecule has 15 rings (SSSR count). The molecule has 12 aromatic carbocycles. The molecule has 0 aliphatic carbocycles. The van der Waals surface area contributed by atoms with Gasteiger partial charge in [-0.25, -0.2) is 9.97 Å². The van der Waals surface area contributed by atoms with E-state index in [1.807, 2.05) is 0 Å². The number of aromatic nitrogens is 4. The number of benzene rings is 12. The van der Waals surface area contributed by atoms with Gasteiger partial charge in [0.25, 0.3) is 0 Å². The topological polar surface area (TPSA) is 35.6 Å². The van der Waals surface area contributed by atoms with Crippen LogP contribution in [-0.2, 0) is 0 Å². The highest BCUT2D eigenvalue weighted by Crippen LogP contribution is 2.42. The minimum Gasteiger partial charge on any atom is -0.309 e. The molecule has 0 saturated heterocycles. The van der Waals surface area contributed by atoms with E-state index < -0.39 is 0 Å². The van der Waals surface area contributed by atoms with Gasteiger partial charge in [-0.3, -0.25) is 4.57 Å². The van der Waals surface area contributed by atoms with Crippen LogP contribution < -0.4 is 0 Å². The Hall–Kier alpha value is -9.38. The minimum atomic E-state index is 0.636. The Morgan fingerprint density at radius 2 is 0.643 bits per heavy atom. The summed E-state index contributed by atoms with van der Waals surface area (Å²) in [5, 5.41) is 17.1. The van der Waals surface area contributed by atoms with Crippen molar-refractivity contribution in [1.82, 2.24) is 19.1 Å².